The molecule has 0 unspecified atom stereocenters. The minimum atomic E-state index is -1.10. The summed E-state index contributed by atoms with van der Waals surface area (Å²) in [4.78, 5) is 0. The Morgan fingerprint density at radius 3 is 0.370 bits per heavy atom. The predicted octanol–water partition coefficient (Wildman–Crippen LogP) is -26.1. The van der Waals surface area contributed by atoms with Crippen molar-refractivity contribution in [3.8, 4) is 0 Å². The van der Waals surface area contributed by atoms with E-state index in [4.69, 9.17) is 263 Å². The van der Waals surface area contributed by atoms with Crippen LogP contribution >= 0.6 is 0 Å². The van der Waals surface area contributed by atoms with E-state index in [1.807, 2.05) is 14.1 Å². The van der Waals surface area contributed by atoms with Gasteiger partial charge in [0.05, 0.1) is 0 Å². The van der Waals surface area contributed by atoms with Crippen LogP contribution in [0.3, 0.4) is 0 Å². The zero-order valence-corrected chi connectivity index (χ0v) is 43.8. The van der Waals surface area contributed by atoms with Gasteiger partial charge in [-0.05, 0) is 28.2 Å². The van der Waals surface area contributed by atoms with E-state index in [2.05, 4.69) is 16.8 Å². The lowest BCUT2D eigenvalue weighted by atomic mass is 8.30. The molecule has 0 spiro atoms. The van der Waals surface area contributed by atoms with Gasteiger partial charge in [0.1, 0.15) is 0 Å². The molecule has 0 aromatic heterocycles. The van der Waals surface area contributed by atoms with Gasteiger partial charge in [-0.1, -0.05) is 0 Å². The van der Waals surface area contributed by atoms with Crippen LogP contribution in [0.15, 0.2) is 0 Å². The maximum Gasteiger partial charge on any atom is 0 e. The minimum absolute atomic E-state index is 0.787. The fourth-order valence-corrected chi connectivity index (χ4v) is 10.3. The number of rotatable bonds is 30. The molecule has 0 bridgehead atoms. The van der Waals surface area contributed by atoms with Crippen molar-refractivity contribution in [2.45, 2.75) is 0 Å². The van der Waals surface area contributed by atoms with Gasteiger partial charge in [-0.2, -0.15) is 0 Å². The molecule has 246 valence electrons. The summed E-state index contributed by atoms with van der Waals surface area (Å²) in [5.41, 5.74) is 9.00. The van der Waals surface area contributed by atoms with Gasteiger partial charge >= 0.3 is 0 Å². The first-order valence-electron chi connectivity index (χ1n) is 23.5. The highest BCUT2D eigenvalue weighted by Crippen LogP contribution is 2.17. The summed E-state index contributed by atoms with van der Waals surface area (Å²) >= 11 is 0. The third-order valence-corrected chi connectivity index (χ3v) is 12.9. The summed E-state index contributed by atoms with van der Waals surface area (Å²) in [7, 11) is 216. The normalized spacial score (nSPS) is 8.96. The summed E-state index contributed by atoms with van der Waals surface area (Å²) in [6, 6.07) is 0. The quantitative estimate of drug-likeness (QED) is 0.0633. The first-order chi connectivity index (χ1) is 33.5. The summed E-state index contributed by atoms with van der Waals surface area (Å²) in [6.07, 6.45) is -29.6. The van der Waals surface area contributed by atoms with Crippen molar-refractivity contribution in [1.29, 1.82) is 0 Å². The van der Waals surface area contributed by atoms with Gasteiger partial charge in [0.2, 0.25) is 0 Å². The molecule has 0 aliphatic rings. The van der Waals surface area contributed by atoms with Crippen molar-refractivity contribution < 1.29 is 0 Å². The van der Waals surface area contributed by atoms with Crippen molar-refractivity contribution in [3.63, 3.8) is 0 Å². The SMILES string of the molecule is CN.CN.CNC.[B][B]B(B([B])[B])B(B([B])[B])B(B(B([B])[B])B([B])[B])B(B(B([B])[B])B([B])[B])B(B([B])[B])B([B])[B].[B][B]B(B([B])[B])B(B([B])[B])B(B(B([B])[B])B([B])[B])B(B(B([B])[B])B([B])[B])B(B([B])[B])B([B])[B]. The van der Waals surface area contributed by atoms with E-state index >= 15 is 0 Å². The van der Waals surface area contributed by atoms with E-state index in [-0.39, 0.29) is 0 Å². The number of nitrogens with one attached hydrogen (secondary N) is 1. The van der Waals surface area contributed by atoms with E-state index in [9.17, 15) is 0 Å². The van der Waals surface area contributed by atoms with E-state index < -0.39 is 192 Å². The molecule has 0 fully saturated rings. The summed E-state index contributed by atoms with van der Waals surface area (Å²) in [5.74, 6) is 0. The standard InChI is InChI=1S/C2H7N.2CH5N.2B33/c1-3-2;2*1-2;2*1-18-27(19(2)3)31(26(16)17)33(30(24(12)13)25(14)15)32(28(20(4)5)21(6)7)29(22(8)9)23(10)11/h3H,1-2H3;2*2H2,1H3;;. The Balaban J connectivity index is -0.000000376. The third kappa shape index (κ3) is 29.0. The molecule has 0 saturated carbocycles. The maximum atomic E-state index is 6.21. The highest BCUT2D eigenvalue weighted by Gasteiger charge is 2.55. The van der Waals surface area contributed by atoms with Gasteiger partial charge in [-0.15, -0.1) is 0 Å². The Hall–Kier alpha value is 4.17. The summed E-state index contributed by atoms with van der Waals surface area (Å²) < 4.78 is 0. The fraction of sp³-hybridized carbons (Fsp3) is 1.00. The molecule has 70 radical (unpaired) electrons. The van der Waals surface area contributed by atoms with Gasteiger partial charge in [0.25, 0.3) is 0 Å². The molecule has 0 aliphatic carbocycles. The van der Waals surface area contributed by atoms with Crippen LogP contribution in [-0.2, 0) is 0 Å². The van der Waals surface area contributed by atoms with Crippen molar-refractivity contribution in [2.75, 3.05) is 28.2 Å². The Labute approximate surface area is 509 Å². The lowest BCUT2D eigenvalue weighted by Crippen LogP contribution is -2.89. The molecular weight excluding hydrogens is 804 g/mol. The van der Waals surface area contributed by atoms with E-state index in [1.54, 1.807) is 0 Å². The lowest BCUT2D eigenvalue weighted by Gasteiger charge is -2.51. The lowest BCUT2D eigenvalue weighted by molar-refractivity contribution is 1.02. The fourth-order valence-electron chi connectivity index (χ4n) is 10.3. The van der Waals surface area contributed by atoms with Crippen LogP contribution < -0.4 is 16.8 Å². The second kappa shape index (κ2) is 45.6. The first-order valence-corrected chi connectivity index (χ1v) is 23.5. The number of nitrogens with two attached hydrogens (primary N) is 2. The molecule has 69 heteroatoms. The molecule has 0 aromatic rings. The molecule has 0 rings (SSSR count). The van der Waals surface area contributed by atoms with Gasteiger partial charge in [-0.25, -0.2) is 0 Å². The molecule has 3 nitrogen and oxygen atoms in total. The highest BCUT2D eigenvalue weighted by molar-refractivity contribution is 8.31. The van der Waals surface area contributed by atoms with Crippen LogP contribution in [0, 0.1) is 0 Å². The Morgan fingerprint density at radius 2 is 0.301 bits per heavy atom. The zero-order valence-electron chi connectivity index (χ0n) is 43.8. The van der Waals surface area contributed by atoms with Crippen molar-refractivity contribution in [1.82, 2.24) is 5.32 Å². The highest BCUT2D eigenvalue weighted by atomic mass is 14.7. The van der Waals surface area contributed by atoms with E-state index in [1.165, 1.54) is 28.2 Å². The molecule has 0 heterocycles. The second-order valence-electron chi connectivity index (χ2n) is 18.2. The molecule has 5 N–H and O–H groups in total. The molecular formula is C4H17B66N3. The molecule has 0 saturated heterocycles. The molecule has 0 amide bonds. The molecule has 0 aliphatic heterocycles. The van der Waals surface area contributed by atoms with Crippen molar-refractivity contribution in [3.05, 3.63) is 0 Å². The average molecular weight is 821 g/mol. The van der Waals surface area contributed by atoms with Crippen LogP contribution in [0.2, 0.25) is 0 Å². The minimum Gasteiger partial charge on any atom is -0.333 e. The van der Waals surface area contributed by atoms with Crippen LogP contribution in [0.4, 0.5) is 0 Å². The Kier molecular flexibility index (Phi) is 53.7. The van der Waals surface area contributed by atoms with E-state index in [0.29, 0.717) is 0 Å². The van der Waals surface area contributed by atoms with Crippen LogP contribution in [0.1, 0.15) is 0 Å². The smallest absolute Gasteiger partial charge is 0 e. The summed E-state index contributed by atoms with van der Waals surface area (Å²) in [5, 5.41) is 2.75. The van der Waals surface area contributed by atoms with Crippen LogP contribution in [-0.4, -0.2) is 497 Å². The number of hydrogen-bond donors (Lipinski definition) is 3. The van der Waals surface area contributed by atoms with Crippen LogP contribution in [0.25, 0.3) is 0 Å². The van der Waals surface area contributed by atoms with Gasteiger partial charge in [0.15, 0.2) is 0 Å². The number of hydrogen-bond acceptors (Lipinski definition) is 3. The predicted molar refractivity (Wildman–Crippen MR) is 415 cm³/mol. The largest absolute Gasteiger partial charge is 0.333 e. The Bertz CT molecular complexity index is 1040. The Morgan fingerprint density at radius 1 is 0.205 bits per heavy atom. The van der Waals surface area contributed by atoms with Crippen LogP contribution in [0.5, 0.6) is 0 Å². The maximum absolute atomic E-state index is 6.21. The van der Waals surface area contributed by atoms with Crippen molar-refractivity contribution >= 4 is 469 Å². The van der Waals surface area contributed by atoms with E-state index in [0.717, 1.165) is 0 Å². The third-order valence-electron chi connectivity index (χ3n) is 12.9. The average Bonchev–Trinajstić information content (AvgIpc) is 3.22. The van der Waals surface area contributed by atoms with Gasteiger partial charge in [-0.3, -0.25) is 0 Å². The van der Waals surface area contributed by atoms with Gasteiger partial charge < -0.3 is 16.8 Å². The van der Waals surface area contributed by atoms with Crippen molar-refractivity contribution in [2.24, 2.45) is 11.5 Å². The first kappa shape index (κ1) is 86.0. The summed E-state index contributed by atoms with van der Waals surface area (Å²) in [6.45, 7) is 0. The molecule has 0 aromatic carbocycles. The topological polar surface area (TPSA) is 64.1 Å². The molecule has 0 atom stereocenters. The molecule has 73 heavy (non-hydrogen) atoms. The monoisotopic (exact) mass is 834 g/mol. The second-order valence-corrected chi connectivity index (χ2v) is 18.2. The van der Waals surface area contributed by atoms with Gasteiger partial charge in [0, 0.05) is 469 Å². The zero-order chi connectivity index (χ0) is 59.4.